The van der Waals surface area contributed by atoms with Crippen molar-refractivity contribution < 1.29 is 4.58 Å². The molecule has 1 saturated heterocycles. The Balaban J connectivity index is 1.80. The summed E-state index contributed by atoms with van der Waals surface area (Å²) >= 11 is 0. The molecule has 2 nitrogen and oxygen atoms in total. The van der Waals surface area contributed by atoms with Crippen molar-refractivity contribution in [3.63, 3.8) is 0 Å². The predicted octanol–water partition coefficient (Wildman–Crippen LogP) is 4.93. The average molecular weight is 356 g/mol. The van der Waals surface area contributed by atoms with Gasteiger partial charge in [-0.1, -0.05) is 91.0 Å². The Labute approximate surface area is 162 Å². The van der Waals surface area contributed by atoms with Crippen LogP contribution in [0.15, 0.2) is 91.0 Å². The van der Waals surface area contributed by atoms with Gasteiger partial charge in [0.05, 0.1) is 14.1 Å². The molecule has 0 aromatic heterocycles. The Morgan fingerprint density at radius 3 is 1.59 bits per heavy atom. The topological polar surface area (TPSA) is 6.25 Å². The molecular weight excluding hydrogens is 328 g/mol. The Hall–Kier alpha value is -2.87. The lowest BCUT2D eigenvalue weighted by molar-refractivity contribution is -0.477. The first kappa shape index (κ1) is 17.5. The third-order valence-electron chi connectivity index (χ3n) is 5.59. The van der Waals surface area contributed by atoms with Crippen molar-refractivity contribution in [1.29, 1.82) is 0 Å². The van der Waals surface area contributed by atoms with Crippen LogP contribution in [0.3, 0.4) is 0 Å². The second-order valence-electron chi connectivity index (χ2n) is 7.51. The first-order valence-electron chi connectivity index (χ1n) is 9.66. The number of hydrogen-bond donors (Lipinski definition) is 0. The number of amidine groups is 1. The average Bonchev–Trinajstić information content (AvgIpc) is 2.71. The highest BCUT2D eigenvalue weighted by Crippen LogP contribution is 2.44. The van der Waals surface area contributed by atoms with E-state index in [4.69, 9.17) is 0 Å². The van der Waals surface area contributed by atoms with Crippen molar-refractivity contribution in [2.75, 3.05) is 14.1 Å². The standard InChI is InChI=1S/C25H27N2/c1-19-23(20-13-7-4-8-14-20)25(26(2)3)27(19)24(21-15-9-5-10-16-21)22-17-11-6-12-18-22/h4-19,23-24H,1-3H3/q+1/t19-,23-/m0/s1. The highest BCUT2D eigenvalue weighted by molar-refractivity contribution is 5.92. The molecule has 0 unspecified atom stereocenters. The fourth-order valence-electron chi connectivity index (χ4n) is 4.41. The molecule has 0 saturated carbocycles. The summed E-state index contributed by atoms with van der Waals surface area (Å²) in [5, 5.41) is 0. The number of rotatable bonds is 4. The molecule has 0 radical (unpaired) electrons. The normalized spacial score (nSPS) is 19.1. The fraction of sp³-hybridized carbons (Fsp3) is 0.240. The van der Waals surface area contributed by atoms with E-state index in [0.29, 0.717) is 12.0 Å². The van der Waals surface area contributed by atoms with Crippen LogP contribution in [-0.4, -0.2) is 35.4 Å². The summed E-state index contributed by atoms with van der Waals surface area (Å²) in [6.45, 7) is 2.35. The minimum absolute atomic E-state index is 0.222. The van der Waals surface area contributed by atoms with Crippen LogP contribution in [0.4, 0.5) is 0 Å². The zero-order chi connectivity index (χ0) is 18.8. The van der Waals surface area contributed by atoms with Crippen molar-refractivity contribution in [3.8, 4) is 0 Å². The van der Waals surface area contributed by atoms with Gasteiger partial charge in [-0.25, -0.2) is 0 Å². The minimum atomic E-state index is 0.222. The maximum atomic E-state index is 2.59. The van der Waals surface area contributed by atoms with Gasteiger partial charge < -0.3 is 0 Å². The quantitative estimate of drug-likeness (QED) is 0.601. The Bertz CT molecular complexity index is 873. The summed E-state index contributed by atoms with van der Waals surface area (Å²) < 4.78 is 2.29. The Morgan fingerprint density at radius 2 is 1.15 bits per heavy atom. The highest BCUT2D eigenvalue weighted by Gasteiger charge is 2.54. The van der Waals surface area contributed by atoms with Gasteiger partial charge in [-0.05, 0) is 12.5 Å². The number of likely N-dealkylation sites (tertiary alicyclic amines) is 1. The largest absolute Gasteiger partial charge is 0.270 e. The predicted molar refractivity (Wildman–Crippen MR) is 112 cm³/mol. The molecule has 1 aliphatic heterocycles. The molecule has 27 heavy (non-hydrogen) atoms. The van der Waals surface area contributed by atoms with Crippen molar-refractivity contribution in [2.45, 2.75) is 24.9 Å². The summed E-state index contributed by atoms with van der Waals surface area (Å²) in [5.74, 6) is 1.81. The summed E-state index contributed by atoms with van der Waals surface area (Å²) in [6, 6.07) is 33.2. The summed E-state index contributed by atoms with van der Waals surface area (Å²) in [7, 11) is 4.33. The van der Waals surface area contributed by atoms with Gasteiger partial charge in [0.2, 0.25) is 0 Å². The van der Waals surface area contributed by atoms with Crippen LogP contribution < -0.4 is 0 Å². The molecule has 1 heterocycles. The third kappa shape index (κ3) is 3.16. The summed E-state index contributed by atoms with van der Waals surface area (Å²) in [4.78, 5) is 2.59. The van der Waals surface area contributed by atoms with E-state index in [9.17, 15) is 0 Å². The smallest absolute Gasteiger partial charge is 0.259 e. The molecule has 136 valence electrons. The molecule has 0 amide bonds. The van der Waals surface area contributed by atoms with Gasteiger partial charge in [-0.15, -0.1) is 0 Å². The first-order valence-corrected chi connectivity index (χ1v) is 9.66. The van der Waals surface area contributed by atoms with E-state index in [1.807, 2.05) is 0 Å². The molecule has 2 atom stereocenters. The zero-order valence-electron chi connectivity index (χ0n) is 16.3. The fourth-order valence-corrected chi connectivity index (χ4v) is 4.41. The van der Waals surface area contributed by atoms with Gasteiger partial charge in [-0.2, -0.15) is 0 Å². The van der Waals surface area contributed by atoms with E-state index >= 15 is 0 Å². The second kappa shape index (κ2) is 7.40. The van der Waals surface area contributed by atoms with E-state index in [1.54, 1.807) is 0 Å². The lowest BCUT2D eigenvalue weighted by atomic mass is 9.78. The van der Waals surface area contributed by atoms with E-state index in [1.165, 1.54) is 22.5 Å². The maximum Gasteiger partial charge on any atom is 0.259 e. The number of hydrogen-bond acceptors (Lipinski definition) is 0. The molecule has 1 fully saturated rings. The molecule has 3 aromatic carbocycles. The molecule has 2 heteroatoms. The zero-order valence-corrected chi connectivity index (χ0v) is 16.3. The third-order valence-corrected chi connectivity index (χ3v) is 5.59. The maximum absolute atomic E-state index is 2.59. The number of benzene rings is 3. The van der Waals surface area contributed by atoms with Crippen LogP contribution in [0.25, 0.3) is 0 Å². The van der Waals surface area contributed by atoms with Gasteiger partial charge in [0.1, 0.15) is 18.0 Å². The molecule has 0 N–H and O–H groups in total. The molecule has 0 bridgehead atoms. The number of nitrogens with zero attached hydrogens (tertiary/aromatic N) is 2. The lowest BCUT2D eigenvalue weighted by Crippen LogP contribution is -2.61. The van der Waals surface area contributed by atoms with Crippen LogP contribution in [0.5, 0.6) is 0 Å². The molecule has 4 rings (SSSR count). The molecule has 3 aromatic rings. The second-order valence-corrected chi connectivity index (χ2v) is 7.51. The molecule has 1 aliphatic rings. The van der Waals surface area contributed by atoms with Gasteiger partial charge >= 0.3 is 0 Å². The van der Waals surface area contributed by atoms with Crippen molar-refractivity contribution >= 4 is 5.84 Å². The Morgan fingerprint density at radius 1 is 0.704 bits per heavy atom. The van der Waals surface area contributed by atoms with Gasteiger partial charge in [-0.3, -0.25) is 9.48 Å². The molecular formula is C25H27N2+. The summed E-state index contributed by atoms with van der Waals surface area (Å²) in [5.41, 5.74) is 4.06. The lowest BCUT2D eigenvalue weighted by Gasteiger charge is -2.47. The molecule has 0 aliphatic carbocycles. The van der Waals surface area contributed by atoms with Crippen LogP contribution in [0.2, 0.25) is 0 Å². The van der Waals surface area contributed by atoms with E-state index in [-0.39, 0.29) is 6.04 Å². The van der Waals surface area contributed by atoms with Crippen molar-refractivity contribution in [1.82, 2.24) is 4.90 Å². The van der Waals surface area contributed by atoms with Crippen molar-refractivity contribution in [2.24, 2.45) is 0 Å². The van der Waals surface area contributed by atoms with E-state index in [2.05, 4.69) is 121 Å². The van der Waals surface area contributed by atoms with Gasteiger partial charge in [0, 0.05) is 11.1 Å². The minimum Gasteiger partial charge on any atom is -0.270 e. The van der Waals surface area contributed by atoms with Crippen LogP contribution in [0, 0.1) is 0 Å². The van der Waals surface area contributed by atoms with Gasteiger partial charge in [0.25, 0.3) is 5.84 Å². The van der Waals surface area contributed by atoms with Crippen LogP contribution in [-0.2, 0) is 0 Å². The van der Waals surface area contributed by atoms with Crippen LogP contribution >= 0.6 is 0 Å². The van der Waals surface area contributed by atoms with Crippen LogP contribution in [0.1, 0.15) is 35.6 Å². The highest BCUT2D eigenvalue weighted by atomic mass is 15.3. The van der Waals surface area contributed by atoms with Gasteiger partial charge in [0.15, 0.2) is 0 Å². The SMILES string of the molecule is C[C@H]1[C@@H](c2ccccc2)C(=[N+](C)C)N1C(c1ccccc1)c1ccccc1. The Kier molecular flexibility index (Phi) is 4.81. The summed E-state index contributed by atoms with van der Waals surface area (Å²) in [6.07, 6.45) is 0. The first-order chi connectivity index (χ1) is 13.2. The monoisotopic (exact) mass is 355 g/mol. The molecule has 0 spiro atoms. The van der Waals surface area contributed by atoms with E-state index in [0.717, 1.165) is 0 Å². The van der Waals surface area contributed by atoms with E-state index < -0.39 is 0 Å². The van der Waals surface area contributed by atoms with Crippen molar-refractivity contribution in [3.05, 3.63) is 108 Å².